The molecule has 2 aromatic rings. The predicted molar refractivity (Wildman–Crippen MR) is 88.2 cm³/mol. The average molecular weight is 312 g/mol. The highest BCUT2D eigenvalue weighted by atomic mass is 16.5. The van der Waals surface area contributed by atoms with Crippen LogP contribution in [-0.2, 0) is 4.79 Å². The van der Waals surface area contributed by atoms with Crippen LogP contribution in [0.2, 0.25) is 0 Å². The number of aryl methyl sites for hydroxylation is 3. The molecule has 0 heterocycles. The van der Waals surface area contributed by atoms with Crippen molar-refractivity contribution in [2.24, 2.45) is 0 Å². The summed E-state index contributed by atoms with van der Waals surface area (Å²) >= 11 is 0. The number of hydrogen-bond donors (Lipinski definition) is 2. The molecule has 0 saturated heterocycles. The van der Waals surface area contributed by atoms with Crippen molar-refractivity contribution < 1.29 is 14.3 Å². The van der Waals surface area contributed by atoms with Gasteiger partial charge in [-0.3, -0.25) is 20.4 Å². The molecule has 0 radical (unpaired) electrons. The molecular formula is C18H20N2O3. The van der Waals surface area contributed by atoms with Crippen LogP contribution in [0.15, 0.2) is 42.5 Å². The fourth-order valence-electron chi connectivity index (χ4n) is 2.06. The fraction of sp³-hybridized carbons (Fsp3) is 0.222. The van der Waals surface area contributed by atoms with Gasteiger partial charge in [-0.05, 0) is 49.6 Å². The standard InChI is InChI=1S/C18H20N2O3/c1-12-8-9-14(3)16(10-12)23-11-17(21)19-20-18(22)15-7-5-4-6-13(15)2/h4-10H,11H2,1-3H3,(H,19,21)(H,20,22). The average Bonchev–Trinajstić information content (AvgIpc) is 2.54. The Balaban J connectivity index is 1.85. The molecule has 5 nitrogen and oxygen atoms in total. The molecule has 2 amide bonds. The van der Waals surface area contributed by atoms with Crippen molar-refractivity contribution in [2.45, 2.75) is 20.8 Å². The van der Waals surface area contributed by atoms with Crippen molar-refractivity contribution in [2.75, 3.05) is 6.61 Å². The molecule has 0 aliphatic rings. The van der Waals surface area contributed by atoms with E-state index in [1.54, 1.807) is 12.1 Å². The zero-order valence-corrected chi connectivity index (χ0v) is 13.5. The molecule has 0 spiro atoms. The minimum Gasteiger partial charge on any atom is -0.483 e. The maximum atomic E-state index is 12.0. The van der Waals surface area contributed by atoms with E-state index in [4.69, 9.17) is 4.74 Å². The molecule has 0 bridgehead atoms. The molecule has 0 aliphatic carbocycles. The lowest BCUT2D eigenvalue weighted by Gasteiger charge is -2.11. The first-order valence-corrected chi connectivity index (χ1v) is 7.32. The van der Waals surface area contributed by atoms with Gasteiger partial charge in [0.05, 0.1) is 0 Å². The van der Waals surface area contributed by atoms with Gasteiger partial charge in [0.15, 0.2) is 6.61 Å². The number of carbonyl (C=O) groups excluding carboxylic acids is 2. The maximum absolute atomic E-state index is 12.0. The van der Waals surface area contributed by atoms with Crippen LogP contribution >= 0.6 is 0 Å². The zero-order valence-electron chi connectivity index (χ0n) is 13.5. The van der Waals surface area contributed by atoms with Gasteiger partial charge < -0.3 is 4.74 Å². The molecule has 2 aromatic carbocycles. The third-order valence-electron chi connectivity index (χ3n) is 3.41. The molecule has 2 N–H and O–H groups in total. The van der Waals surface area contributed by atoms with E-state index in [-0.39, 0.29) is 12.5 Å². The second-order valence-corrected chi connectivity index (χ2v) is 5.37. The minimum absolute atomic E-state index is 0.168. The van der Waals surface area contributed by atoms with E-state index in [2.05, 4.69) is 10.9 Å². The smallest absolute Gasteiger partial charge is 0.276 e. The number of rotatable bonds is 4. The van der Waals surface area contributed by atoms with Crippen LogP contribution in [0.4, 0.5) is 0 Å². The number of carbonyl (C=O) groups is 2. The van der Waals surface area contributed by atoms with Gasteiger partial charge >= 0.3 is 0 Å². The Morgan fingerprint density at radius 1 is 0.957 bits per heavy atom. The van der Waals surface area contributed by atoms with E-state index in [9.17, 15) is 9.59 Å². The molecule has 0 aromatic heterocycles. The van der Waals surface area contributed by atoms with Crippen molar-refractivity contribution in [3.8, 4) is 5.75 Å². The normalized spacial score (nSPS) is 10.0. The van der Waals surface area contributed by atoms with Crippen LogP contribution in [0.3, 0.4) is 0 Å². The number of hydrogen-bond acceptors (Lipinski definition) is 3. The highest BCUT2D eigenvalue weighted by Crippen LogP contribution is 2.18. The van der Waals surface area contributed by atoms with Gasteiger partial charge in [0.1, 0.15) is 5.75 Å². The molecule has 0 unspecified atom stereocenters. The highest BCUT2D eigenvalue weighted by molar-refractivity contribution is 5.96. The van der Waals surface area contributed by atoms with E-state index >= 15 is 0 Å². The van der Waals surface area contributed by atoms with E-state index in [0.717, 1.165) is 16.7 Å². The van der Waals surface area contributed by atoms with Crippen LogP contribution in [0.5, 0.6) is 5.75 Å². The molecular weight excluding hydrogens is 292 g/mol. The van der Waals surface area contributed by atoms with Gasteiger partial charge in [-0.2, -0.15) is 0 Å². The number of amides is 2. The third-order valence-corrected chi connectivity index (χ3v) is 3.41. The Morgan fingerprint density at radius 3 is 2.43 bits per heavy atom. The van der Waals surface area contributed by atoms with Gasteiger partial charge in [-0.15, -0.1) is 0 Å². The van der Waals surface area contributed by atoms with Crippen molar-refractivity contribution in [3.05, 3.63) is 64.7 Å². The summed E-state index contributed by atoms with van der Waals surface area (Å²) in [7, 11) is 0. The first-order valence-electron chi connectivity index (χ1n) is 7.32. The lowest BCUT2D eigenvalue weighted by molar-refractivity contribution is -0.123. The lowest BCUT2D eigenvalue weighted by Crippen LogP contribution is -2.44. The Labute approximate surface area is 135 Å². The number of hydrazine groups is 1. The second-order valence-electron chi connectivity index (χ2n) is 5.37. The molecule has 120 valence electrons. The van der Waals surface area contributed by atoms with Gasteiger partial charge in [-0.25, -0.2) is 0 Å². The summed E-state index contributed by atoms with van der Waals surface area (Å²) in [5, 5.41) is 0. The first-order chi connectivity index (χ1) is 11.0. The van der Waals surface area contributed by atoms with Crippen molar-refractivity contribution in [1.82, 2.24) is 10.9 Å². The van der Waals surface area contributed by atoms with Crippen LogP contribution in [0.25, 0.3) is 0 Å². The summed E-state index contributed by atoms with van der Waals surface area (Å²) in [5.41, 5.74) is 8.09. The largest absolute Gasteiger partial charge is 0.483 e. The van der Waals surface area contributed by atoms with Gasteiger partial charge in [0.25, 0.3) is 11.8 Å². The molecule has 23 heavy (non-hydrogen) atoms. The van der Waals surface area contributed by atoms with Gasteiger partial charge in [0, 0.05) is 5.56 Å². The SMILES string of the molecule is Cc1ccc(C)c(OCC(=O)NNC(=O)c2ccccc2C)c1. The van der Waals surface area contributed by atoms with Crippen LogP contribution < -0.4 is 15.6 Å². The summed E-state index contributed by atoms with van der Waals surface area (Å²) in [6.45, 7) is 5.53. The summed E-state index contributed by atoms with van der Waals surface area (Å²) in [6.07, 6.45) is 0. The molecule has 5 heteroatoms. The number of ether oxygens (including phenoxy) is 1. The maximum Gasteiger partial charge on any atom is 0.276 e. The van der Waals surface area contributed by atoms with E-state index < -0.39 is 5.91 Å². The van der Waals surface area contributed by atoms with Crippen LogP contribution in [0, 0.1) is 20.8 Å². The summed E-state index contributed by atoms with van der Waals surface area (Å²) in [6, 6.07) is 12.9. The molecule has 0 saturated carbocycles. The Hall–Kier alpha value is -2.82. The molecule has 2 rings (SSSR count). The second kappa shape index (κ2) is 7.45. The van der Waals surface area contributed by atoms with Gasteiger partial charge in [0.2, 0.25) is 0 Å². The van der Waals surface area contributed by atoms with Crippen molar-refractivity contribution in [1.29, 1.82) is 0 Å². The van der Waals surface area contributed by atoms with Crippen molar-refractivity contribution >= 4 is 11.8 Å². The Kier molecular flexibility index (Phi) is 5.36. The highest BCUT2D eigenvalue weighted by Gasteiger charge is 2.10. The summed E-state index contributed by atoms with van der Waals surface area (Å²) in [4.78, 5) is 23.8. The third kappa shape index (κ3) is 4.57. The summed E-state index contributed by atoms with van der Waals surface area (Å²) < 4.78 is 5.48. The quantitative estimate of drug-likeness (QED) is 0.852. The lowest BCUT2D eigenvalue weighted by atomic mass is 10.1. The van der Waals surface area contributed by atoms with Gasteiger partial charge in [-0.1, -0.05) is 30.3 Å². The Morgan fingerprint density at radius 2 is 1.70 bits per heavy atom. The zero-order chi connectivity index (χ0) is 16.8. The monoisotopic (exact) mass is 312 g/mol. The Bertz CT molecular complexity index is 726. The molecule has 0 fully saturated rings. The summed E-state index contributed by atoms with van der Waals surface area (Å²) in [5.74, 6) is -0.124. The predicted octanol–water partition coefficient (Wildman–Crippen LogP) is 2.45. The fourth-order valence-corrected chi connectivity index (χ4v) is 2.06. The van der Waals surface area contributed by atoms with E-state index in [1.807, 2.05) is 51.1 Å². The molecule has 0 atom stereocenters. The number of nitrogens with one attached hydrogen (secondary N) is 2. The van der Waals surface area contributed by atoms with Crippen molar-refractivity contribution in [3.63, 3.8) is 0 Å². The topological polar surface area (TPSA) is 67.4 Å². The number of benzene rings is 2. The first kappa shape index (κ1) is 16.5. The van der Waals surface area contributed by atoms with E-state index in [0.29, 0.717) is 11.3 Å². The van der Waals surface area contributed by atoms with Crippen LogP contribution in [0.1, 0.15) is 27.0 Å². The van der Waals surface area contributed by atoms with E-state index in [1.165, 1.54) is 0 Å². The molecule has 0 aliphatic heterocycles. The minimum atomic E-state index is -0.423. The van der Waals surface area contributed by atoms with Crippen LogP contribution in [-0.4, -0.2) is 18.4 Å².